The van der Waals surface area contributed by atoms with Crippen molar-refractivity contribution in [2.24, 2.45) is 0 Å². The molecule has 0 aliphatic rings. The minimum absolute atomic E-state index is 0.848. The average molecular weight is 160 g/mol. The number of hydrogen-bond acceptors (Lipinski definition) is 1. The molecule has 68 valence electrons. The van der Waals surface area contributed by atoms with Crippen molar-refractivity contribution in [2.45, 2.75) is 26.7 Å². The zero-order valence-corrected chi connectivity index (χ0v) is 8.15. The summed E-state index contributed by atoms with van der Waals surface area (Å²) in [5.41, 5.74) is 0. The quantitative estimate of drug-likeness (QED) is 0.530. The maximum Gasteiger partial charge on any atom is 0.101 e. The number of nitrogens with one attached hydrogen (secondary N) is 1. The van der Waals surface area contributed by atoms with Crippen LogP contribution < -0.4 is 4.90 Å². The van der Waals surface area contributed by atoms with Gasteiger partial charge in [-0.2, -0.15) is 0 Å². The molecule has 0 saturated heterocycles. The Balaban J connectivity index is 3.02. The van der Waals surface area contributed by atoms with Crippen LogP contribution in [0.3, 0.4) is 0 Å². The lowest BCUT2D eigenvalue weighted by atomic mass is 10.3. The first-order chi connectivity index (χ1) is 5.31. The molecule has 1 unspecified atom stereocenters. The number of likely N-dealkylation sites (N-methyl/N-ethyl adjacent to an activating group) is 1. The number of ether oxygens (including phenoxy) is 1. The molecule has 0 fully saturated rings. The third-order valence-corrected chi connectivity index (χ3v) is 1.83. The number of quaternary nitrogens is 1. The Bertz CT molecular complexity index is 76.0. The van der Waals surface area contributed by atoms with Gasteiger partial charge in [-0.1, -0.05) is 13.3 Å². The second-order valence-corrected chi connectivity index (χ2v) is 3.01. The molecule has 1 N–H and O–H groups in total. The minimum atomic E-state index is 0.848. The van der Waals surface area contributed by atoms with Crippen molar-refractivity contribution in [3.63, 3.8) is 0 Å². The Morgan fingerprint density at radius 3 is 2.45 bits per heavy atom. The molecule has 0 radical (unpaired) electrons. The van der Waals surface area contributed by atoms with Gasteiger partial charge < -0.3 is 9.64 Å². The summed E-state index contributed by atoms with van der Waals surface area (Å²) in [6, 6.07) is 0. The van der Waals surface area contributed by atoms with Gasteiger partial charge in [-0.3, -0.25) is 0 Å². The van der Waals surface area contributed by atoms with Gasteiger partial charge in [0.2, 0.25) is 0 Å². The van der Waals surface area contributed by atoms with Gasteiger partial charge in [-0.25, -0.2) is 0 Å². The molecule has 0 aromatic carbocycles. The van der Waals surface area contributed by atoms with Gasteiger partial charge in [0.25, 0.3) is 0 Å². The van der Waals surface area contributed by atoms with Crippen LogP contribution >= 0.6 is 0 Å². The first-order valence-corrected chi connectivity index (χ1v) is 4.70. The van der Waals surface area contributed by atoms with E-state index in [1.54, 1.807) is 4.90 Å². The van der Waals surface area contributed by atoms with E-state index >= 15 is 0 Å². The monoisotopic (exact) mass is 160 g/mol. The molecule has 0 spiro atoms. The van der Waals surface area contributed by atoms with Crippen LogP contribution in [-0.4, -0.2) is 33.4 Å². The van der Waals surface area contributed by atoms with Crippen LogP contribution in [0.2, 0.25) is 0 Å². The van der Waals surface area contributed by atoms with Crippen LogP contribution in [0, 0.1) is 0 Å². The lowest BCUT2D eigenvalue weighted by Crippen LogP contribution is -3.09. The third-order valence-electron chi connectivity index (χ3n) is 1.83. The Morgan fingerprint density at radius 2 is 1.91 bits per heavy atom. The summed E-state index contributed by atoms with van der Waals surface area (Å²) in [7, 11) is 2.23. The van der Waals surface area contributed by atoms with Gasteiger partial charge in [0, 0.05) is 6.61 Å². The van der Waals surface area contributed by atoms with Gasteiger partial charge in [0.05, 0.1) is 20.2 Å². The molecular formula is C9H22NO+. The maximum atomic E-state index is 5.26. The standard InChI is InChI=1S/C9H21NO/c1-4-6-7-10(3)8-9-11-5-2/h4-9H2,1-3H3/p+1. The van der Waals surface area contributed by atoms with E-state index in [0.717, 1.165) is 19.8 Å². The fourth-order valence-corrected chi connectivity index (χ4v) is 0.994. The molecule has 0 rings (SSSR count). The largest absolute Gasteiger partial charge is 0.376 e. The second-order valence-electron chi connectivity index (χ2n) is 3.01. The van der Waals surface area contributed by atoms with E-state index in [-0.39, 0.29) is 0 Å². The molecule has 0 aromatic rings. The van der Waals surface area contributed by atoms with Gasteiger partial charge in [-0.15, -0.1) is 0 Å². The molecule has 0 saturated carbocycles. The highest BCUT2D eigenvalue weighted by atomic mass is 16.5. The molecule has 0 aliphatic heterocycles. The first-order valence-electron chi connectivity index (χ1n) is 4.70. The van der Waals surface area contributed by atoms with Crippen molar-refractivity contribution in [2.75, 3.05) is 33.4 Å². The molecular weight excluding hydrogens is 138 g/mol. The summed E-state index contributed by atoms with van der Waals surface area (Å²) in [5, 5.41) is 0. The molecule has 2 heteroatoms. The summed E-state index contributed by atoms with van der Waals surface area (Å²) in [5.74, 6) is 0. The van der Waals surface area contributed by atoms with Crippen molar-refractivity contribution < 1.29 is 9.64 Å². The van der Waals surface area contributed by atoms with E-state index in [2.05, 4.69) is 14.0 Å². The van der Waals surface area contributed by atoms with Crippen molar-refractivity contribution in [1.29, 1.82) is 0 Å². The van der Waals surface area contributed by atoms with Crippen LogP contribution in [0.4, 0.5) is 0 Å². The van der Waals surface area contributed by atoms with E-state index in [4.69, 9.17) is 4.74 Å². The predicted octanol–water partition coefficient (Wildman–Crippen LogP) is 0.338. The molecule has 1 atom stereocenters. The smallest absolute Gasteiger partial charge is 0.101 e. The SMILES string of the molecule is CCCC[NH+](C)CCOCC. The van der Waals surface area contributed by atoms with Crippen molar-refractivity contribution in [3.05, 3.63) is 0 Å². The Labute approximate surface area is 70.5 Å². The summed E-state index contributed by atoms with van der Waals surface area (Å²) >= 11 is 0. The van der Waals surface area contributed by atoms with Gasteiger partial charge in [0.1, 0.15) is 6.54 Å². The van der Waals surface area contributed by atoms with E-state index in [0.29, 0.717) is 0 Å². The van der Waals surface area contributed by atoms with Crippen LogP contribution in [-0.2, 0) is 4.74 Å². The van der Waals surface area contributed by atoms with Gasteiger partial charge >= 0.3 is 0 Å². The summed E-state index contributed by atoms with van der Waals surface area (Å²) in [6.07, 6.45) is 2.63. The van der Waals surface area contributed by atoms with Crippen molar-refractivity contribution in [3.8, 4) is 0 Å². The third kappa shape index (κ3) is 7.82. The predicted molar refractivity (Wildman–Crippen MR) is 48.0 cm³/mol. The Hall–Kier alpha value is -0.0800. The summed E-state index contributed by atoms with van der Waals surface area (Å²) < 4.78 is 5.26. The second kappa shape index (κ2) is 8.02. The van der Waals surface area contributed by atoms with E-state index < -0.39 is 0 Å². The highest BCUT2D eigenvalue weighted by Gasteiger charge is 1.98. The van der Waals surface area contributed by atoms with Gasteiger partial charge in [0.15, 0.2) is 0 Å². The minimum Gasteiger partial charge on any atom is -0.376 e. The highest BCUT2D eigenvalue weighted by molar-refractivity contribution is 4.29. The zero-order valence-electron chi connectivity index (χ0n) is 8.15. The summed E-state index contributed by atoms with van der Waals surface area (Å²) in [4.78, 5) is 1.58. The van der Waals surface area contributed by atoms with E-state index in [1.165, 1.54) is 19.4 Å². The van der Waals surface area contributed by atoms with Crippen LogP contribution in [0.1, 0.15) is 26.7 Å². The molecule has 0 heterocycles. The zero-order chi connectivity index (χ0) is 8.53. The van der Waals surface area contributed by atoms with E-state index in [9.17, 15) is 0 Å². The number of rotatable bonds is 7. The molecule has 2 nitrogen and oxygen atoms in total. The normalized spacial score (nSPS) is 13.4. The number of hydrogen-bond donors (Lipinski definition) is 1. The van der Waals surface area contributed by atoms with Crippen LogP contribution in [0.15, 0.2) is 0 Å². The Morgan fingerprint density at radius 1 is 1.18 bits per heavy atom. The van der Waals surface area contributed by atoms with Crippen molar-refractivity contribution in [1.82, 2.24) is 0 Å². The lowest BCUT2D eigenvalue weighted by Gasteiger charge is -2.12. The van der Waals surface area contributed by atoms with Crippen LogP contribution in [0.5, 0.6) is 0 Å². The maximum absolute atomic E-state index is 5.26. The van der Waals surface area contributed by atoms with Gasteiger partial charge in [-0.05, 0) is 13.3 Å². The molecule has 0 bridgehead atoms. The fraction of sp³-hybridized carbons (Fsp3) is 1.00. The van der Waals surface area contributed by atoms with E-state index in [1.807, 2.05) is 6.92 Å². The molecule has 11 heavy (non-hydrogen) atoms. The molecule has 0 amide bonds. The molecule has 0 aromatic heterocycles. The Kier molecular flexibility index (Phi) is 7.96. The van der Waals surface area contributed by atoms with Crippen molar-refractivity contribution >= 4 is 0 Å². The molecule has 0 aliphatic carbocycles. The topological polar surface area (TPSA) is 13.7 Å². The average Bonchev–Trinajstić information content (AvgIpc) is 2.01. The van der Waals surface area contributed by atoms with Crippen LogP contribution in [0.25, 0.3) is 0 Å². The first kappa shape index (κ1) is 10.9. The summed E-state index contributed by atoms with van der Waals surface area (Å²) in [6.45, 7) is 8.46. The fourth-order valence-electron chi connectivity index (χ4n) is 0.994. The lowest BCUT2D eigenvalue weighted by molar-refractivity contribution is -0.880. The highest BCUT2D eigenvalue weighted by Crippen LogP contribution is 1.78. The number of unbranched alkanes of at least 4 members (excludes halogenated alkanes) is 1.